The summed E-state index contributed by atoms with van der Waals surface area (Å²) in [6.07, 6.45) is 0. The van der Waals surface area contributed by atoms with Gasteiger partial charge in [0.2, 0.25) is 5.91 Å². The van der Waals surface area contributed by atoms with E-state index in [-0.39, 0.29) is 29.9 Å². The van der Waals surface area contributed by atoms with Crippen LogP contribution in [0, 0.1) is 5.92 Å². The Morgan fingerprint density at radius 2 is 2.20 bits per heavy atom. The molecule has 1 fully saturated rings. The Balaban J connectivity index is 0.00000312. The standard InChI is InChI=1S/C18H28N4OS.HI/c1-13(2)17-12-22(8-9-24-17)18(19-4)20-11-15-6-5-7-16(10-15)21-14(3)23;/h5-7,10,13,17H,8-9,11-12H2,1-4H3,(H,19,20)(H,21,23);1H. The topological polar surface area (TPSA) is 56.7 Å². The SMILES string of the molecule is CN=C(NCc1cccc(NC(C)=O)c1)N1CCSC(C(C)C)C1.I. The Hall–Kier alpha value is -0.960. The van der Waals surface area contributed by atoms with Crippen molar-refractivity contribution in [1.29, 1.82) is 0 Å². The summed E-state index contributed by atoms with van der Waals surface area (Å²) in [5, 5.41) is 6.92. The van der Waals surface area contributed by atoms with Gasteiger partial charge in [0.25, 0.3) is 0 Å². The predicted molar refractivity (Wildman–Crippen MR) is 119 cm³/mol. The van der Waals surface area contributed by atoms with Crippen LogP contribution in [0.25, 0.3) is 0 Å². The molecular formula is C18H29IN4OS. The van der Waals surface area contributed by atoms with Crippen LogP contribution in [-0.4, -0.2) is 47.9 Å². The zero-order chi connectivity index (χ0) is 17.5. The van der Waals surface area contributed by atoms with Gasteiger partial charge >= 0.3 is 0 Å². The van der Waals surface area contributed by atoms with Crippen molar-refractivity contribution >= 4 is 53.3 Å². The molecule has 2 N–H and O–H groups in total. The molecule has 1 saturated heterocycles. The molecule has 0 aliphatic carbocycles. The number of guanidine groups is 1. The molecule has 1 aromatic rings. The largest absolute Gasteiger partial charge is 0.352 e. The summed E-state index contributed by atoms with van der Waals surface area (Å²) in [4.78, 5) is 18.0. The number of hydrogen-bond acceptors (Lipinski definition) is 3. The summed E-state index contributed by atoms with van der Waals surface area (Å²) in [6, 6.07) is 7.89. The Labute approximate surface area is 172 Å². The van der Waals surface area contributed by atoms with Crippen LogP contribution in [0.15, 0.2) is 29.3 Å². The van der Waals surface area contributed by atoms with Gasteiger partial charge in [0.1, 0.15) is 0 Å². The first-order chi connectivity index (χ1) is 11.5. The Morgan fingerprint density at radius 3 is 2.84 bits per heavy atom. The fraction of sp³-hybridized carbons (Fsp3) is 0.556. The van der Waals surface area contributed by atoms with Gasteiger partial charge in [-0.25, -0.2) is 0 Å². The molecule has 0 spiro atoms. The van der Waals surface area contributed by atoms with Crippen LogP contribution < -0.4 is 10.6 Å². The van der Waals surface area contributed by atoms with Crippen LogP contribution in [0.4, 0.5) is 5.69 Å². The summed E-state index contributed by atoms with van der Waals surface area (Å²) in [7, 11) is 1.84. The highest BCUT2D eigenvalue weighted by molar-refractivity contribution is 14.0. The summed E-state index contributed by atoms with van der Waals surface area (Å²) in [5.41, 5.74) is 1.94. The molecule has 1 aliphatic rings. The molecule has 0 bridgehead atoms. The number of anilines is 1. The molecule has 1 atom stereocenters. The molecule has 1 heterocycles. The smallest absolute Gasteiger partial charge is 0.221 e. The van der Waals surface area contributed by atoms with Gasteiger partial charge in [-0.3, -0.25) is 9.79 Å². The second-order valence-electron chi connectivity index (χ2n) is 6.38. The van der Waals surface area contributed by atoms with E-state index in [0.717, 1.165) is 36.1 Å². The van der Waals surface area contributed by atoms with Gasteiger partial charge < -0.3 is 15.5 Å². The maximum Gasteiger partial charge on any atom is 0.221 e. The molecule has 0 aromatic heterocycles. The summed E-state index contributed by atoms with van der Waals surface area (Å²) >= 11 is 2.06. The van der Waals surface area contributed by atoms with Crippen LogP contribution in [0.5, 0.6) is 0 Å². The quantitative estimate of drug-likeness (QED) is 0.398. The van der Waals surface area contributed by atoms with Crippen molar-refractivity contribution in [2.45, 2.75) is 32.6 Å². The molecule has 1 aliphatic heterocycles. The lowest BCUT2D eigenvalue weighted by atomic mass is 10.1. The van der Waals surface area contributed by atoms with E-state index in [4.69, 9.17) is 0 Å². The van der Waals surface area contributed by atoms with Crippen molar-refractivity contribution in [3.05, 3.63) is 29.8 Å². The fourth-order valence-corrected chi connectivity index (χ4v) is 4.05. The van der Waals surface area contributed by atoms with Crippen molar-refractivity contribution in [2.75, 3.05) is 31.2 Å². The maximum absolute atomic E-state index is 11.2. The molecule has 140 valence electrons. The molecule has 0 radical (unpaired) electrons. The first-order valence-electron chi connectivity index (χ1n) is 8.43. The van der Waals surface area contributed by atoms with Gasteiger partial charge in [-0.15, -0.1) is 24.0 Å². The van der Waals surface area contributed by atoms with Gasteiger partial charge in [0, 0.05) is 50.3 Å². The minimum Gasteiger partial charge on any atom is -0.352 e. The number of nitrogens with zero attached hydrogens (tertiary/aromatic N) is 2. The lowest BCUT2D eigenvalue weighted by Gasteiger charge is -2.36. The molecule has 0 saturated carbocycles. The lowest BCUT2D eigenvalue weighted by molar-refractivity contribution is -0.114. The van der Waals surface area contributed by atoms with Gasteiger partial charge in [0.15, 0.2) is 5.96 Å². The van der Waals surface area contributed by atoms with E-state index >= 15 is 0 Å². The third kappa shape index (κ3) is 7.05. The molecule has 5 nitrogen and oxygen atoms in total. The molecular weight excluding hydrogens is 447 g/mol. The number of thioether (sulfide) groups is 1. The van der Waals surface area contributed by atoms with Crippen LogP contribution >= 0.6 is 35.7 Å². The predicted octanol–water partition coefficient (Wildman–Crippen LogP) is 3.41. The van der Waals surface area contributed by atoms with E-state index in [1.54, 1.807) is 0 Å². The van der Waals surface area contributed by atoms with Crippen molar-refractivity contribution in [3.63, 3.8) is 0 Å². The van der Waals surface area contributed by atoms with Crippen LogP contribution in [0.1, 0.15) is 26.3 Å². The number of aliphatic imine (C=N–C) groups is 1. The monoisotopic (exact) mass is 476 g/mol. The highest BCUT2D eigenvalue weighted by Crippen LogP contribution is 2.24. The Kier molecular flexibility index (Phi) is 9.63. The van der Waals surface area contributed by atoms with E-state index in [9.17, 15) is 4.79 Å². The highest BCUT2D eigenvalue weighted by atomic mass is 127. The highest BCUT2D eigenvalue weighted by Gasteiger charge is 2.24. The minimum absolute atomic E-state index is 0. The molecule has 25 heavy (non-hydrogen) atoms. The van der Waals surface area contributed by atoms with Gasteiger partial charge in [-0.1, -0.05) is 26.0 Å². The van der Waals surface area contributed by atoms with Crippen molar-refractivity contribution in [3.8, 4) is 0 Å². The van der Waals surface area contributed by atoms with E-state index in [1.807, 2.05) is 25.2 Å². The molecule has 1 amide bonds. The van der Waals surface area contributed by atoms with Crippen LogP contribution in [0.3, 0.4) is 0 Å². The number of benzene rings is 1. The average molecular weight is 476 g/mol. The number of nitrogens with one attached hydrogen (secondary N) is 2. The Bertz CT molecular complexity index is 594. The number of carbonyl (C=O) groups is 1. The Morgan fingerprint density at radius 1 is 1.44 bits per heavy atom. The van der Waals surface area contributed by atoms with Gasteiger partial charge in [0.05, 0.1) is 0 Å². The number of halogens is 1. The van der Waals surface area contributed by atoms with Gasteiger partial charge in [-0.2, -0.15) is 11.8 Å². The van der Waals surface area contributed by atoms with E-state index in [0.29, 0.717) is 17.7 Å². The van der Waals surface area contributed by atoms with Crippen molar-refractivity contribution in [1.82, 2.24) is 10.2 Å². The minimum atomic E-state index is -0.0542. The normalized spacial score (nSPS) is 17.9. The van der Waals surface area contributed by atoms with Crippen LogP contribution in [-0.2, 0) is 11.3 Å². The second kappa shape index (κ2) is 10.9. The summed E-state index contributed by atoms with van der Waals surface area (Å²) in [5.74, 6) is 2.71. The zero-order valence-electron chi connectivity index (χ0n) is 15.4. The van der Waals surface area contributed by atoms with Crippen molar-refractivity contribution < 1.29 is 4.79 Å². The number of hydrogen-bond donors (Lipinski definition) is 2. The van der Waals surface area contributed by atoms with E-state index in [2.05, 4.69) is 52.2 Å². The maximum atomic E-state index is 11.2. The molecule has 2 rings (SSSR count). The third-order valence-corrected chi connectivity index (χ3v) is 5.59. The first-order valence-corrected chi connectivity index (χ1v) is 9.48. The fourth-order valence-electron chi connectivity index (χ4n) is 2.75. The number of carbonyl (C=O) groups excluding carboxylic acids is 1. The van der Waals surface area contributed by atoms with E-state index in [1.165, 1.54) is 6.92 Å². The third-order valence-electron chi connectivity index (χ3n) is 4.05. The molecule has 1 aromatic carbocycles. The van der Waals surface area contributed by atoms with Crippen molar-refractivity contribution in [2.24, 2.45) is 10.9 Å². The van der Waals surface area contributed by atoms with Gasteiger partial charge in [-0.05, 0) is 23.6 Å². The molecule has 1 unspecified atom stereocenters. The van der Waals surface area contributed by atoms with Crippen LogP contribution in [0.2, 0.25) is 0 Å². The number of amides is 1. The lowest BCUT2D eigenvalue weighted by Crippen LogP contribution is -2.48. The van der Waals surface area contributed by atoms with E-state index < -0.39 is 0 Å². The summed E-state index contributed by atoms with van der Waals surface area (Å²) < 4.78 is 0. The average Bonchev–Trinajstić information content (AvgIpc) is 2.55. The summed E-state index contributed by atoms with van der Waals surface area (Å²) in [6.45, 7) is 8.84. The number of rotatable bonds is 4. The first kappa shape index (κ1) is 22.1. The second-order valence-corrected chi connectivity index (χ2v) is 7.73. The zero-order valence-corrected chi connectivity index (χ0v) is 18.6. The molecule has 7 heteroatoms.